The summed E-state index contributed by atoms with van der Waals surface area (Å²) in [6.45, 7) is 4.31. The molecule has 2 amide bonds. The van der Waals surface area contributed by atoms with E-state index >= 15 is 0 Å². The largest absolute Gasteiger partial charge is 0.354 e. The number of rotatable bonds is 6. The van der Waals surface area contributed by atoms with E-state index in [1.807, 2.05) is 32.0 Å². The molecule has 2 N–H and O–H groups in total. The summed E-state index contributed by atoms with van der Waals surface area (Å²) >= 11 is 0. The van der Waals surface area contributed by atoms with Crippen LogP contribution in [0.25, 0.3) is 0 Å². The summed E-state index contributed by atoms with van der Waals surface area (Å²) in [5, 5.41) is 5.52. The number of anilines is 1. The minimum Gasteiger partial charge on any atom is -0.354 e. The van der Waals surface area contributed by atoms with Gasteiger partial charge < -0.3 is 15.2 Å². The highest BCUT2D eigenvalue weighted by atomic mass is 16.2. The molecular weight excluding hydrogens is 306 g/mol. The smallest absolute Gasteiger partial charge is 0.239 e. The van der Waals surface area contributed by atoms with Crippen LogP contribution < -0.4 is 16.1 Å². The molecule has 0 aliphatic rings. The van der Waals surface area contributed by atoms with Crippen LogP contribution in [0, 0.1) is 13.8 Å². The van der Waals surface area contributed by atoms with Crippen molar-refractivity contribution in [2.75, 3.05) is 11.9 Å². The van der Waals surface area contributed by atoms with Crippen molar-refractivity contribution in [2.24, 2.45) is 0 Å². The van der Waals surface area contributed by atoms with Crippen LogP contribution in [0.4, 0.5) is 5.69 Å². The van der Waals surface area contributed by atoms with E-state index in [-0.39, 0.29) is 36.8 Å². The summed E-state index contributed by atoms with van der Waals surface area (Å²) in [5.41, 5.74) is 2.82. The van der Waals surface area contributed by atoms with Crippen molar-refractivity contribution in [1.29, 1.82) is 0 Å². The van der Waals surface area contributed by atoms with E-state index in [2.05, 4.69) is 10.6 Å². The van der Waals surface area contributed by atoms with Gasteiger partial charge in [-0.05, 0) is 25.5 Å². The maximum atomic E-state index is 11.9. The van der Waals surface area contributed by atoms with Gasteiger partial charge in [0.15, 0.2) is 5.43 Å². The van der Waals surface area contributed by atoms with Crippen LogP contribution in [0.1, 0.15) is 17.5 Å². The lowest BCUT2D eigenvalue weighted by Gasteiger charge is -2.10. The number of carbonyl (C=O) groups is 2. The second-order valence-corrected chi connectivity index (χ2v) is 5.67. The minimum absolute atomic E-state index is 0.102. The van der Waals surface area contributed by atoms with Crippen molar-refractivity contribution in [1.82, 2.24) is 9.88 Å². The number of aryl methyl sites for hydroxylation is 2. The third-order valence-corrected chi connectivity index (χ3v) is 3.52. The van der Waals surface area contributed by atoms with E-state index in [4.69, 9.17) is 0 Å². The van der Waals surface area contributed by atoms with Gasteiger partial charge in [-0.1, -0.05) is 17.7 Å². The van der Waals surface area contributed by atoms with Crippen LogP contribution in [-0.2, 0) is 16.1 Å². The normalized spacial score (nSPS) is 10.2. The van der Waals surface area contributed by atoms with Gasteiger partial charge in [-0.15, -0.1) is 0 Å². The molecule has 0 unspecified atom stereocenters. The van der Waals surface area contributed by atoms with Gasteiger partial charge in [-0.2, -0.15) is 0 Å². The van der Waals surface area contributed by atoms with E-state index in [0.29, 0.717) is 0 Å². The molecule has 1 heterocycles. The molecule has 24 heavy (non-hydrogen) atoms. The predicted molar refractivity (Wildman–Crippen MR) is 92.9 cm³/mol. The second-order valence-electron chi connectivity index (χ2n) is 5.67. The lowest BCUT2D eigenvalue weighted by atomic mass is 10.1. The molecular formula is C18H21N3O3. The minimum atomic E-state index is -0.210. The number of nitrogens with zero attached hydrogens (tertiary/aromatic N) is 1. The van der Waals surface area contributed by atoms with Crippen LogP contribution in [0.2, 0.25) is 0 Å². The number of hydrogen-bond donors (Lipinski definition) is 2. The lowest BCUT2D eigenvalue weighted by Crippen LogP contribution is -2.30. The summed E-state index contributed by atoms with van der Waals surface area (Å²) in [5.74, 6) is -0.358. The number of amides is 2. The van der Waals surface area contributed by atoms with E-state index in [1.54, 1.807) is 17.0 Å². The average Bonchev–Trinajstić information content (AvgIpc) is 2.52. The van der Waals surface area contributed by atoms with Crippen LogP contribution >= 0.6 is 0 Å². The first kappa shape index (κ1) is 17.5. The van der Waals surface area contributed by atoms with E-state index < -0.39 is 0 Å². The summed E-state index contributed by atoms with van der Waals surface area (Å²) in [6.07, 6.45) is 3.30. The molecule has 0 bridgehead atoms. The van der Waals surface area contributed by atoms with Crippen molar-refractivity contribution in [3.05, 3.63) is 64.1 Å². The molecule has 0 aliphatic carbocycles. The predicted octanol–water partition coefficient (Wildman–Crippen LogP) is 1.61. The van der Waals surface area contributed by atoms with E-state index in [0.717, 1.165) is 16.8 Å². The highest BCUT2D eigenvalue weighted by molar-refractivity contribution is 5.91. The molecule has 1 aromatic carbocycles. The second kappa shape index (κ2) is 8.10. The molecule has 6 nitrogen and oxygen atoms in total. The Morgan fingerprint density at radius 1 is 1.04 bits per heavy atom. The van der Waals surface area contributed by atoms with Crippen molar-refractivity contribution in [2.45, 2.75) is 26.8 Å². The number of aromatic nitrogens is 1. The summed E-state index contributed by atoms with van der Waals surface area (Å²) in [6, 6.07) is 8.60. The molecule has 126 valence electrons. The molecule has 0 saturated carbocycles. The lowest BCUT2D eigenvalue weighted by molar-refractivity contribution is -0.121. The monoisotopic (exact) mass is 327 g/mol. The van der Waals surface area contributed by atoms with Crippen molar-refractivity contribution < 1.29 is 9.59 Å². The van der Waals surface area contributed by atoms with E-state index in [9.17, 15) is 14.4 Å². The number of hydrogen-bond acceptors (Lipinski definition) is 3. The Morgan fingerprint density at radius 2 is 1.75 bits per heavy atom. The quantitative estimate of drug-likeness (QED) is 0.846. The van der Waals surface area contributed by atoms with Gasteiger partial charge >= 0.3 is 0 Å². The molecule has 0 aliphatic heterocycles. The Labute approximate surface area is 140 Å². The third kappa shape index (κ3) is 5.39. The van der Waals surface area contributed by atoms with Crippen LogP contribution in [0.15, 0.2) is 47.5 Å². The summed E-state index contributed by atoms with van der Waals surface area (Å²) in [4.78, 5) is 34.7. The van der Waals surface area contributed by atoms with Gasteiger partial charge in [0, 0.05) is 43.2 Å². The fourth-order valence-corrected chi connectivity index (χ4v) is 2.25. The molecule has 2 rings (SSSR count). The molecule has 2 aromatic rings. The maximum Gasteiger partial charge on any atom is 0.239 e. The first-order chi connectivity index (χ1) is 11.4. The zero-order chi connectivity index (χ0) is 17.5. The zero-order valence-corrected chi connectivity index (χ0v) is 13.8. The van der Waals surface area contributed by atoms with Gasteiger partial charge in [0.25, 0.3) is 0 Å². The molecule has 1 aromatic heterocycles. The number of carbonyl (C=O) groups excluding carboxylic acids is 2. The van der Waals surface area contributed by atoms with Gasteiger partial charge in [-0.3, -0.25) is 14.4 Å². The molecule has 0 saturated heterocycles. The third-order valence-electron chi connectivity index (χ3n) is 3.52. The molecule has 6 heteroatoms. The number of benzene rings is 1. The Kier molecular flexibility index (Phi) is 5.89. The number of nitrogens with one attached hydrogen (secondary N) is 2. The van der Waals surface area contributed by atoms with Crippen molar-refractivity contribution in [3.63, 3.8) is 0 Å². The Bertz CT molecular complexity index is 776. The van der Waals surface area contributed by atoms with Crippen LogP contribution in [0.5, 0.6) is 0 Å². The first-order valence-electron chi connectivity index (χ1n) is 7.74. The van der Waals surface area contributed by atoms with Gasteiger partial charge in [0.2, 0.25) is 11.8 Å². The number of pyridine rings is 1. The highest BCUT2D eigenvalue weighted by Crippen LogP contribution is 2.15. The maximum absolute atomic E-state index is 11.9. The van der Waals surface area contributed by atoms with Crippen molar-refractivity contribution in [3.8, 4) is 0 Å². The average molecular weight is 327 g/mol. The van der Waals surface area contributed by atoms with Gasteiger partial charge in [0.05, 0.1) is 0 Å². The van der Waals surface area contributed by atoms with Gasteiger partial charge in [-0.25, -0.2) is 0 Å². The molecule has 0 fully saturated rings. The molecule has 0 radical (unpaired) electrons. The Balaban J connectivity index is 1.74. The summed E-state index contributed by atoms with van der Waals surface area (Å²) in [7, 11) is 0. The zero-order valence-electron chi connectivity index (χ0n) is 13.8. The molecule has 0 atom stereocenters. The van der Waals surface area contributed by atoms with Gasteiger partial charge in [0.1, 0.15) is 6.54 Å². The van der Waals surface area contributed by atoms with E-state index in [1.165, 1.54) is 12.1 Å². The Hall–Kier alpha value is -2.89. The van der Waals surface area contributed by atoms with Crippen molar-refractivity contribution >= 4 is 17.5 Å². The molecule has 0 spiro atoms. The topological polar surface area (TPSA) is 80.2 Å². The summed E-state index contributed by atoms with van der Waals surface area (Å²) < 4.78 is 1.60. The standard InChI is InChI=1S/C18H21N3O3/c1-13-3-4-16(14(2)11-13)20-17(23)5-8-19-18(24)12-21-9-6-15(22)7-10-21/h3-4,6-7,9-11H,5,8,12H2,1-2H3,(H,19,24)(H,20,23). The van der Waals surface area contributed by atoms with Crippen LogP contribution in [0.3, 0.4) is 0 Å². The fourth-order valence-electron chi connectivity index (χ4n) is 2.25. The van der Waals surface area contributed by atoms with Crippen LogP contribution in [-0.4, -0.2) is 22.9 Å². The Morgan fingerprint density at radius 3 is 2.42 bits per heavy atom. The SMILES string of the molecule is Cc1ccc(NC(=O)CCNC(=O)Cn2ccc(=O)cc2)c(C)c1. The fraction of sp³-hybridized carbons (Fsp3) is 0.278. The first-order valence-corrected chi connectivity index (χ1v) is 7.74. The highest BCUT2D eigenvalue weighted by Gasteiger charge is 2.06.